The molecular formula is C8H16N2. The second-order valence-electron chi connectivity index (χ2n) is 3.22. The van der Waals surface area contributed by atoms with Crippen LogP contribution in [0.2, 0.25) is 0 Å². The van der Waals surface area contributed by atoms with Gasteiger partial charge in [-0.2, -0.15) is 0 Å². The smallest absolute Gasteiger partial charge is 0.0902 e. The Balaban J connectivity index is 2.37. The van der Waals surface area contributed by atoms with Crippen molar-refractivity contribution in [3.63, 3.8) is 0 Å². The molecule has 0 unspecified atom stereocenters. The van der Waals surface area contributed by atoms with E-state index < -0.39 is 0 Å². The number of aliphatic imine (C=N–C) groups is 1. The molecule has 0 radical (unpaired) electrons. The minimum atomic E-state index is 0.812. The largest absolute Gasteiger partial charge is 0.288 e. The Bertz CT molecular complexity index is 106. The van der Waals surface area contributed by atoms with Gasteiger partial charge in [-0.25, -0.2) is 0 Å². The highest BCUT2D eigenvalue weighted by molar-refractivity contribution is 5.57. The van der Waals surface area contributed by atoms with Gasteiger partial charge in [0.2, 0.25) is 0 Å². The standard InChI is InChI=1S/C8H16N2/c1-8-3-5-9-7-10(2)6-4-8/h5,8H,3-4,6-7H2,1-2H3/t8-/m0/s1. The van der Waals surface area contributed by atoms with Crippen LogP contribution in [0.1, 0.15) is 19.8 Å². The normalized spacial score (nSPS) is 29.6. The van der Waals surface area contributed by atoms with E-state index in [1.54, 1.807) is 0 Å². The summed E-state index contributed by atoms with van der Waals surface area (Å²) in [6.07, 6.45) is 4.52. The average Bonchev–Trinajstić information content (AvgIpc) is 1.90. The van der Waals surface area contributed by atoms with Gasteiger partial charge in [-0.1, -0.05) is 6.92 Å². The summed E-state index contributed by atoms with van der Waals surface area (Å²) in [5.74, 6) is 0.812. The Morgan fingerprint density at radius 1 is 1.60 bits per heavy atom. The van der Waals surface area contributed by atoms with E-state index in [0.29, 0.717) is 0 Å². The lowest BCUT2D eigenvalue weighted by atomic mass is 10.0. The predicted octanol–water partition coefficient (Wildman–Crippen LogP) is 1.38. The molecule has 0 aromatic carbocycles. The summed E-state index contributed by atoms with van der Waals surface area (Å²) < 4.78 is 0. The van der Waals surface area contributed by atoms with Crippen LogP contribution in [0.3, 0.4) is 0 Å². The Hall–Kier alpha value is -0.370. The second-order valence-corrected chi connectivity index (χ2v) is 3.22. The molecule has 0 aliphatic carbocycles. The highest BCUT2D eigenvalue weighted by atomic mass is 15.2. The van der Waals surface area contributed by atoms with Gasteiger partial charge in [0.25, 0.3) is 0 Å². The average molecular weight is 140 g/mol. The van der Waals surface area contributed by atoms with Crippen LogP contribution in [-0.2, 0) is 0 Å². The highest BCUT2D eigenvalue weighted by Crippen LogP contribution is 2.08. The maximum atomic E-state index is 4.26. The third kappa shape index (κ3) is 2.48. The van der Waals surface area contributed by atoms with Crippen LogP contribution in [0.4, 0.5) is 0 Å². The van der Waals surface area contributed by atoms with Crippen molar-refractivity contribution >= 4 is 6.21 Å². The molecule has 10 heavy (non-hydrogen) atoms. The van der Waals surface area contributed by atoms with Crippen LogP contribution in [0.5, 0.6) is 0 Å². The number of nitrogens with zero attached hydrogens (tertiary/aromatic N) is 2. The van der Waals surface area contributed by atoms with Crippen molar-refractivity contribution in [3.05, 3.63) is 0 Å². The lowest BCUT2D eigenvalue weighted by Crippen LogP contribution is -2.23. The van der Waals surface area contributed by atoms with Crippen molar-refractivity contribution in [2.75, 3.05) is 20.3 Å². The van der Waals surface area contributed by atoms with Crippen molar-refractivity contribution in [2.45, 2.75) is 19.8 Å². The van der Waals surface area contributed by atoms with Crippen LogP contribution in [0.25, 0.3) is 0 Å². The van der Waals surface area contributed by atoms with E-state index in [4.69, 9.17) is 0 Å². The lowest BCUT2D eigenvalue weighted by Gasteiger charge is -2.18. The third-order valence-corrected chi connectivity index (χ3v) is 1.96. The van der Waals surface area contributed by atoms with Crippen LogP contribution in [-0.4, -0.2) is 31.4 Å². The van der Waals surface area contributed by atoms with Crippen molar-refractivity contribution in [3.8, 4) is 0 Å². The molecule has 0 spiro atoms. The van der Waals surface area contributed by atoms with E-state index in [2.05, 4.69) is 30.1 Å². The third-order valence-electron chi connectivity index (χ3n) is 1.96. The zero-order chi connectivity index (χ0) is 7.40. The molecule has 0 saturated heterocycles. The Labute approximate surface area is 62.9 Å². The van der Waals surface area contributed by atoms with Gasteiger partial charge in [0.05, 0.1) is 6.67 Å². The van der Waals surface area contributed by atoms with Gasteiger partial charge < -0.3 is 0 Å². The summed E-state index contributed by atoms with van der Waals surface area (Å²) in [7, 11) is 2.12. The summed E-state index contributed by atoms with van der Waals surface area (Å²) in [4.78, 5) is 6.52. The zero-order valence-electron chi connectivity index (χ0n) is 6.88. The summed E-state index contributed by atoms with van der Waals surface area (Å²) in [6, 6.07) is 0. The molecule has 1 rings (SSSR count). The van der Waals surface area contributed by atoms with Crippen LogP contribution in [0.15, 0.2) is 4.99 Å². The SMILES string of the molecule is C[C@H]1CC=NCN(C)CC1. The van der Waals surface area contributed by atoms with Crippen molar-refractivity contribution in [1.82, 2.24) is 4.90 Å². The maximum Gasteiger partial charge on any atom is 0.0902 e. The summed E-state index contributed by atoms with van der Waals surface area (Å²) in [5, 5.41) is 0. The van der Waals surface area contributed by atoms with E-state index in [0.717, 1.165) is 19.0 Å². The molecule has 58 valence electrons. The van der Waals surface area contributed by atoms with Gasteiger partial charge in [-0.3, -0.25) is 9.89 Å². The van der Waals surface area contributed by atoms with E-state index >= 15 is 0 Å². The van der Waals surface area contributed by atoms with E-state index in [-0.39, 0.29) is 0 Å². The number of hydrogen-bond donors (Lipinski definition) is 0. The first-order chi connectivity index (χ1) is 4.79. The molecule has 1 aliphatic heterocycles. The van der Waals surface area contributed by atoms with E-state index in [1.807, 2.05) is 0 Å². The summed E-state index contributed by atoms with van der Waals surface area (Å²) >= 11 is 0. The number of hydrogen-bond acceptors (Lipinski definition) is 2. The maximum absolute atomic E-state index is 4.26. The molecule has 1 heterocycles. The Morgan fingerprint density at radius 3 is 3.20 bits per heavy atom. The molecule has 0 N–H and O–H groups in total. The quantitative estimate of drug-likeness (QED) is 0.496. The second kappa shape index (κ2) is 3.71. The van der Waals surface area contributed by atoms with E-state index in [1.165, 1.54) is 13.0 Å². The van der Waals surface area contributed by atoms with E-state index in [9.17, 15) is 0 Å². The molecule has 0 bridgehead atoms. The van der Waals surface area contributed by atoms with Gasteiger partial charge in [-0.05, 0) is 32.4 Å². The van der Waals surface area contributed by atoms with Crippen LogP contribution >= 0.6 is 0 Å². The van der Waals surface area contributed by atoms with Crippen molar-refractivity contribution in [1.29, 1.82) is 0 Å². The minimum Gasteiger partial charge on any atom is -0.288 e. The van der Waals surface area contributed by atoms with Gasteiger partial charge in [0.1, 0.15) is 0 Å². The van der Waals surface area contributed by atoms with Crippen molar-refractivity contribution < 1.29 is 0 Å². The minimum absolute atomic E-state index is 0.812. The molecule has 0 saturated carbocycles. The summed E-state index contributed by atoms with van der Waals surface area (Å²) in [6.45, 7) is 4.36. The molecule has 0 fully saturated rings. The fraction of sp³-hybridized carbons (Fsp3) is 0.875. The van der Waals surface area contributed by atoms with Gasteiger partial charge in [0.15, 0.2) is 0 Å². The Kier molecular flexibility index (Phi) is 2.87. The Morgan fingerprint density at radius 2 is 2.40 bits per heavy atom. The zero-order valence-corrected chi connectivity index (χ0v) is 6.88. The first-order valence-electron chi connectivity index (χ1n) is 3.96. The fourth-order valence-corrected chi connectivity index (χ4v) is 1.08. The number of rotatable bonds is 0. The lowest BCUT2D eigenvalue weighted by molar-refractivity contribution is 0.310. The predicted molar refractivity (Wildman–Crippen MR) is 44.4 cm³/mol. The monoisotopic (exact) mass is 140 g/mol. The van der Waals surface area contributed by atoms with Crippen LogP contribution in [0, 0.1) is 5.92 Å². The molecule has 0 aromatic rings. The summed E-state index contributed by atoms with van der Waals surface area (Å²) in [5.41, 5.74) is 0. The molecule has 2 heteroatoms. The molecular weight excluding hydrogens is 124 g/mol. The van der Waals surface area contributed by atoms with Crippen molar-refractivity contribution in [2.24, 2.45) is 10.9 Å². The molecule has 2 nitrogen and oxygen atoms in total. The molecule has 0 amide bonds. The van der Waals surface area contributed by atoms with Gasteiger partial charge >= 0.3 is 0 Å². The first-order valence-corrected chi connectivity index (χ1v) is 3.96. The topological polar surface area (TPSA) is 15.6 Å². The molecule has 0 aromatic heterocycles. The van der Waals surface area contributed by atoms with Crippen LogP contribution < -0.4 is 0 Å². The molecule has 1 atom stereocenters. The van der Waals surface area contributed by atoms with Gasteiger partial charge in [-0.15, -0.1) is 0 Å². The molecule has 1 aliphatic rings. The first kappa shape index (κ1) is 7.73. The van der Waals surface area contributed by atoms with Gasteiger partial charge in [0, 0.05) is 6.21 Å². The fourth-order valence-electron chi connectivity index (χ4n) is 1.08. The highest BCUT2D eigenvalue weighted by Gasteiger charge is 2.04.